The van der Waals surface area contributed by atoms with Gasteiger partial charge < -0.3 is 15.2 Å². The lowest BCUT2D eigenvalue weighted by molar-refractivity contribution is 0.0663. The molecular weight excluding hydrogens is 440 g/mol. The van der Waals surface area contributed by atoms with Crippen LogP contribution >= 0.6 is 11.6 Å². The topological polar surface area (TPSA) is 88.3 Å². The molecule has 9 heteroatoms. The van der Waals surface area contributed by atoms with E-state index in [1.54, 1.807) is 0 Å². The predicted octanol–water partition coefficient (Wildman–Crippen LogP) is 3.81. The number of halogens is 1. The largest absolute Gasteiger partial charge is 0.389 e. The van der Waals surface area contributed by atoms with Crippen molar-refractivity contribution in [1.29, 1.82) is 0 Å². The lowest BCUT2D eigenvalue weighted by atomic mass is 9.88. The van der Waals surface area contributed by atoms with Crippen LogP contribution in [0.4, 0.5) is 11.8 Å². The van der Waals surface area contributed by atoms with Gasteiger partial charge in [-0.2, -0.15) is 5.10 Å². The van der Waals surface area contributed by atoms with Gasteiger partial charge in [0.15, 0.2) is 0 Å². The standard InChI is InChI=1S/C24H29ClN6O2/c1-14-8-23(31(29-14)17-2-3-17)28-24-26-11-16-9-19(25)18(10-20(16)27-24)15-4-6-30(7-5-15)21-12-33-13-22(21)32/h8-11,15,17,21-22,32H,2-7,12-13H2,1H3,(H,26,27,28)/t21-,22?/m1/s1. The molecule has 8 nitrogen and oxygen atoms in total. The zero-order valence-corrected chi connectivity index (χ0v) is 19.5. The highest BCUT2D eigenvalue weighted by Gasteiger charge is 2.34. The van der Waals surface area contributed by atoms with Crippen LogP contribution in [-0.4, -0.2) is 68.2 Å². The van der Waals surface area contributed by atoms with Crippen molar-refractivity contribution in [1.82, 2.24) is 24.6 Å². The summed E-state index contributed by atoms with van der Waals surface area (Å²) in [6.45, 7) is 4.94. The van der Waals surface area contributed by atoms with Gasteiger partial charge in [0.05, 0.1) is 42.6 Å². The number of likely N-dealkylation sites (tertiary alicyclic amines) is 1. The van der Waals surface area contributed by atoms with Gasteiger partial charge in [0.25, 0.3) is 0 Å². The summed E-state index contributed by atoms with van der Waals surface area (Å²) in [6, 6.07) is 6.75. The average molecular weight is 469 g/mol. The van der Waals surface area contributed by atoms with Gasteiger partial charge in [-0.15, -0.1) is 0 Å². The van der Waals surface area contributed by atoms with Gasteiger partial charge in [0.1, 0.15) is 5.82 Å². The molecule has 1 aliphatic carbocycles. The Bertz CT molecular complexity index is 1170. The van der Waals surface area contributed by atoms with E-state index in [0.717, 1.165) is 58.9 Å². The van der Waals surface area contributed by atoms with Gasteiger partial charge in [-0.25, -0.2) is 14.6 Å². The number of rotatable bonds is 5. The minimum atomic E-state index is -0.381. The number of aryl methyl sites for hydroxylation is 1. The first kappa shape index (κ1) is 21.3. The number of hydrogen-bond acceptors (Lipinski definition) is 7. The lowest BCUT2D eigenvalue weighted by Gasteiger charge is -2.36. The molecule has 2 saturated heterocycles. The van der Waals surface area contributed by atoms with Crippen molar-refractivity contribution in [2.75, 3.05) is 31.6 Å². The fourth-order valence-corrected chi connectivity index (χ4v) is 5.51. The zero-order chi connectivity index (χ0) is 22.5. The lowest BCUT2D eigenvalue weighted by Crippen LogP contribution is -2.46. The summed E-state index contributed by atoms with van der Waals surface area (Å²) in [4.78, 5) is 11.7. The number of benzene rings is 1. The first-order valence-corrected chi connectivity index (χ1v) is 12.2. The van der Waals surface area contributed by atoms with Crippen molar-refractivity contribution in [2.24, 2.45) is 0 Å². The number of nitrogens with zero attached hydrogens (tertiary/aromatic N) is 5. The van der Waals surface area contributed by atoms with E-state index in [2.05, 4.69) is 31.0 Å². The SMILES string of the molecule is Cc1cc(Nc2ncc3cc(Cl)c(C4CCN([C@@H]5COCC5O)CC4)cc3n2)n(C2CC2)n1. The van der Waals surface area contributed by atoms with E-state index < -0.39 is 0 Å². The van der Waals surface area contributed by atoms with Crippen molar-refractivity contribution in [2.45, 2.75) is 56.7 Å². The molecule has 2 aliphatic heterocycles. The molecule has 1 unspecified atom stereocenters. The quantitative estimate of drug-likeness (QED) is 0.588. The highest BCUT2D eigenvalue weighted by atomic mass is 35.5. The molecule has 174 valence electrons. The van der Waals surface area contributed by atoms with E-state index in [9.17, 15) is 5.11 Å². The molecule has 3 aromatic rings. The molecule has 2 N–H and O–H groups in total. The summed E-state index contributed by atoms with van der Waals surface area (Å²) < 4.78 is 7.49. The van der Waals surface area contributed by atoms with Crippen LogP contribution in [0.1, 0.15) is 48.9 Å². The molecule has 6 rings (SSSR count). The fourth-order valence-electron chi connectivity index (χ4n) is 5.18. The van der Waals surface area contributed by atoms with E-state index in [0.29, 0.717) is 31.1 Å². The first-order valence-electron chi connectivity index (χ1n) is 11.8. The van der Waals surface area contributed by atoms with E-state index in [4.69, 9.17) is 21.3 Å². The monoisotopic (exact) mass is 468 g/mol. The number of piperidine rings is 1. The van der Waals surface area contributed by atoms with E-state index in [-0.39, 0.29) is 12.1 Å². The molecule has 0 spiro atoms. The summed E-state index contributed by atoms with van der Waals surface area (Å²) in [7, 11) is 0. The summed E-state index contributed by atoms with van der Waals surface area (Å²) in [5, 5.41) is 19.8. The normalized spacial score (nSPS) is 24.6. The summed E-state index contributed by atoms with van der Waals surface area (Å²) in [5.74, 6) is 1.89. The van der Waals surface area contributed by atoms with E-state index in [1.165, 1.54) is 12.8 Å². The van der Waals surface area contributed by atoms with Crippen molar-refractivity contribution in [3.63, 3.8) is 0 Å². The van der Waals surface area contributed by atoms with Crippen LogP contribution in [0.2, 0.25) is 5.02 Å². The Hall–Kier alpha value is -2.26. The molecule has 4 heterocycles. The number of fused-ring (bicyclic) bond motifs is 1. The second-order valence-corrected chi connectivity index (χ2v) is 9.99. The van der Waals surface area contributed by atoms with Crippen molar-refractivity contribution in [3.8, 4) is 0 Å². The summed E-state index contributed by atoms with van der Waals surface area (Å²) in [5.41, 5.74) is 3.03. The van der Waals surface area contributed by atoms with Gasteiger partial charge >= 0.3 is 0 Å². The Kier molecular flexibility index (Phi) is 5.49. The Labute approximate surface area is 197 Å². The third-order valence-corrected chi connectivity index (χ3v) is 7.48. The van der Waals surface area contributed by atoms with Crippen LogP contribution in [0.5, 0.6) is 0 Å². The minimum absolute atomic E-state index is 0.118. The van der Waals surface area contributed by atoms with E-state index in [1.807, 2.05) is 25.3 Å². The molecule has 0 radical (unpaired) electrons. The van der Waals surface area contributed by atoms with Gasteiger partial charge in [-0.05, 0) is 69.3 Å². The Morgan fingerprint density at radius 2 is 1.94 bits per heavy atom. The van der Waals surface area contributed by atoms with Crippen LogP contribution in [0, 0.1) is 6.92 Å². The molecule has 0 bridgehead atoms. The number of aliphatic hydroxyl groups excluding tert-OH is 1. The van der Waals surface area contributed by atoms with Crippen molar-refractivity contribution < 1.29 is 9.84 Å². The number of ether oxygens (including phenoxy) is 1. The zero-order valence-electron chi connectivity index (χ0n) is 18.7. The third-order valence-electron chi connectivity index (χ3n) is 7.15. The van der Waals surface area contributed by atoms with E-state index >= 15 is 0 Å². The number of anilines is 2. The second kappa shape index (κ2) is 8.51. The Balaban J connectivity index is 1.22. The van der Waals surface area contributed by atoms with Gasteiger partial charge in [-0.3, -0.25) is 4.90 Å². The van der Waals surface area contributed by atoms with Crippen LogP contribution in [-0.2, 0) is 4.74 Å². The van der Waals surface area contributed by atoms with Crippen LogP contribution in [0.25, 0.3) is 10.9 Å². The molecule has 3 fully saturated rings. The van der Waals surface area contributed by atoms with Gasteiger partial charge in [0, 0.05) is 22.7 Å². The molecular formula is C24H29ClN6O2. The summed E-state index contributed by atoms with van der Waals surface area (Å²) >= 11 is 6.70. The highest BCUT2D eigenvalue weighted by Crippen LogP contribution is 2.38. The number of nitrogens with one attached hydrogen (secondary N) is 1. The molecule has 2 aromatic heterocycles. The van der Waals surface area contributed by atoms with Crippen molar-refractivity contribution in [3.05, 3.63) is 40.7 Å². The molecule has 1 aromatic carbocycles. The van der Waals surface area contributed by atoms with Crippen LogP contribution in [0.15, 0.2) is 24.4 Å². The molecule has 2 atom stereocenters. The molecule has 3 aliphatic rings. The predicted molar refractivity (Wildman–Crippen MR) is 127 cm³/mol. The first-order chi connectivity index (χ1) is 16.0. The van der Waals surface area contributed by atoms with Gasteiger partial charge in [-0.1, -0.05) is 11.6 Å². The van der Waals surface area contributed by atoms with Crippen LogP contribution < -0.4 is 5.32 Å². The smallest absolute Gasteiger partial charge is 0.228 e. The summed E-state index contributed by atoms with van der Waals surface area (Å²) in [6.07, 6.45) is 5.79. The van der Waals surface area contributed by atoms with Crippen LogP contribution in [0.3, 0.4) is 0 Å². The minimum Gasteiger partial charge on any atom is -0.389 e. The Morgan fingerprint density at radius 1 is 1.12 bits per heavy atom. The highest BCUT2D eigenvalue weighted by molar-refractivity contribution is 6.32. The van der Waals surface area contributed by atoms with Crippen molar-refractivity contribution >= 4 is 34.3 Å². The third kappa shape index (κ3) is 4.21. The number of aromatic nitrogens is 4. The number of aliphatic hydroxyl groups is 1. The fraction of sp³-hybridized carbons (Fsp3) is 0.542. The maximum absolute atomic E-state index is 10.2. The molecule has 0 amide bonds. The maximum atomic E-state index is 10.2. The van der Waals surface area contributed by atoms with Gasteiger partial charge in [0.2, 0.25) is 5.95 Å². The molecule has 1 saturated carbocycles. The second-order valence-electron chi connectivity index (χ2n) is 9.58. The maximum Gasteiger partial charge on any atom is 0.228 e. The Morgan fingerprint density at radius 3 is 2.67 bits per heavy atom. The number of hydrogen-bond donors (Lipinski definition) is 2. The molecule has 33 heavy (non-hydrogen) atoms. The average Bonchev–Trinajstić information content (AvgIpc) is 3.46.